The molecule has 1 atom stereocenters. The van der Waals surface area contributed by atoms with Crippen molar-refractivity contribution >= 4 is 23.4 Å². The van der Waals surface area contributed by atoms with Crippen LogP contribution in [0.1, 0.15) is 56.3 Å². The van der Waals surface area contributed by atoms with Crippen molar-refractivity contribution in [1.82, 2.24) is 4.98 Å². The number of hydrogen-bond acceptors (Lipinski definition) is 6. The van der Waals surface area contributed by atoms with Gasteiger partial charge in [0, 0.05) is 11.3 Å². The SMILES string of the molecule is CC(=O)c1c(C)[nH]c(C(=O)[C@@H](C)OC(=O)c2ccc(OCC(N)=O)cc2)c1C. The molecule has 0 unspecified atom stereocenters. The van der Waals surface area contributed by atoms with Crippen LogP contribution in [0.4, 0.5) is 0 Å². The van der Waals surface area contributed by atoms with Gasteiger partial charge in [0.15, 0.2) is 18.5 Å². The highest BCUT2D eigenvalue weighted by atomic mass is 16.5. The Labute approximate surface area is 162 Å². The molecule has 1 heterocycles. The summed E-state index contributed by atoms with van der Waals surface area (Å²) in [7, 11) is 0. The van der Waals surface area contributed by atoms with Crippen LogP contribution in [0.15, 0.2) is 24.3 Å². The van der Waals surface area contributed by atoms with Gasteiger partial charge >= 0.3 is 5.97 Å². The number of ketones is 2. The van der Waals surface area contributed by atoms with Crippen LogP contribution in [0.25, 0.3) is 0 Å². The molecule has 2 rings (SSSR count). The molecule has 0 radical (unpaired) electrons. The summed E-state index contributed by atoms with van der Waals surface area (Å²) in [6.07, 6.45) is -1.05. The first-order valence-electron chi connectivity index (χ1n) is 8.58. The molecule has 2 aromatic rings. The predicted octanol–water partition coefficient (Wildman–Crippen LogP) is 2.13. The molecule has 148 valence electrons. The van der Waals surface area contributed by atoms with E-state index in [1.54, 1.807) is 13.8 Å². The van der Waals surface area contributed by atoms with Gasteiger partial charge in [-0.1, -0.05) is 0 Å². The minimum Gasteiger partial charge on any atom is -0.484 e. The second-order valence-electron chi connectivity index (χ2n) is 6.37. The molecule has 0 fully saturated rings. The highest BCUT2D eigenvalue weighted by Gasteiger charge is 2.26. The number of H-pyrrole nitrogens is 1. The smallest absolute Gasteiger partial charge is 0.338 e. The van der Waals surface area contributed by atoms with Crippen LogP contribution in [0.2, 0.25) is 0 Å². The Morgan fingerprint density at radius 2 is 1.71 bits per heavy atom. The maximum absolute atomic E-state index is 12.6. The summed E-state index contributed by atoms with van der Waals surface area (Å²) in [6.45, 7) is 6.00. The molecule has 1 aromatic carbocycles. The number of rotatable bonds is 8. The number of esters is 1. The lowest BCUT2D eigenvalue weighted by Gasteiger charge is -2.12. The van der Waals surface area contributed by atoms with Gasteiger partial charge < -0.3 is 20.2 Å². The van der Waals surface area contributed by atoms with Crippen molar-refractivity contribution in [1.29, 1.82) is 0 Å². The van der Waals surface area contributed by atoms with Crippen LogP contribution >= 0.6 is 0 Å². The Hall–Kier alpha value is -3.42. The number of nitrogens with two attached hydrogens (primary N) is 1. The number of aromatic nitrogens is 1. The van der Waals surface area contributed by atoms with Gasteiger partial charge in [-0.25, -0.2) is 4.79 Å². The number of nitrogens with one attached hydrogen (secondary N) is 1. The number of aryl methyl sites for hydroxylation is 1. The third-order valence-electron chi connectivity index (χ3n) is 4.16. The topological polar surface area (TPSA) is 129 Å². The highest BCUT2D eigenvalue weighted by molar-refractivity contribution is 6.05. The minimum absolute atomic E-state index is 0.145. The summed E-state index contributed by atoms with van der Waals surface area (Å²) in [4.78, 5) is 50.2. The van der Waals surface area contributed by atoms with Crippen LogP contribution in [-0.2, 0) is 9.53 Å². The average Bonchev–Trinajstić information content (AvgIpc) is 2.93. The normalized spacial score (nSPS) is 11.6. The van der Waals surface area contributed by atoms with Crippen LogP contribution < -0.4 is 10.5 Å². The van der Waals surface area contributed by atoms with Crippen LogP contribution in [0.5, 0.6) is 5.75 Å². The number of Topliss-reactive ketones (excluding diaryl/α,β-unsaturated/α-hetero) is 2. The fourth-order valence-corrected chi connectivity index (χ4v) is 2.85. The van der Waals surface area contributed by atoms with Gasteiger partial charge in [0.05, 0.1) is 11.3 Å². The van der Waals surface area contributed by atoms with Crippen molar-refractivity contribution in [3.63, 3.8) is 0 Å². The number of benzene rings is 1. The van der Waals surface area contributed by atoms with Crippen molar-refractivity contribution in [2.75, 3.05) is 6.61 Å². The first kappa shape index (κ1) is 20.9. The molecule has 0 bridgehead atoms. The number of carbonyl (C=O) groups excluding carboxylic acids is 4. The van der Waals surface area contributed by atoms with E-state index in [1.807, 2.05) is 0 Å². The summed E-state index contributed by atoms with van der Waals surface area (Å²) in [5.74, 6) is -1.50. The third-order valence-corrected chi connectivity index (χ3v) is 4.16. The van der Waals surface area contributed by atoms with Crippen LogP contribution in [0, 0.1) is 13.8 Å². The summed E-state index contributed by atoms with van der Waals surface area (Å²) in [5, 5.41) is 0. The molecular formula is C20H22N2O6. The number of primary amides is 1. The van der Waals surface area contributed by atoms with Crippen molar-refractivity contribution in [3.8, 4) is 5.75 Å². The molecule has 0 aliphatic rings. The molecule has 0 spiro atoms. The monoisotopic (exact) mass is 386 g/mol. The Morgan fingerprint density at radius 1 is 1.11 bits per heavy atom. The lowest BCUT2D eigenvalue weighted by Crippen LogP contribution is -2.25. The van der Waals surface area contributed by atoms with Crippen molar-refractivity contribution < 1.29 is 28.7 Å². The number of amides is 1. The summed E-state index contributed by atoms with van der Waals surface area (Å²) in [6, 6.07) is 5.88. The Bertz CT molecular complexity index is 927. The first-order chi connectivity index (χ1) is 13.1. The predicted molar refractivity (Wildman–Crippen MR) is 101 cm³/mol. The van der Waals surface area contributed by atoms with E-state index < -0.39 is 23.8 Å². The fraction of sp³-hybridized carbons (Fsp3) is 0.300. The molecule has 1 aromatic heterocycles. The van der Waals surface area contributed by atoms with Crippen LogP contribution in [-0.4, -0.2) is 41.1 Å². The quantitative estimate of drug-likeness (QED) is 0.528. The number of hydrogen-bond donors (Lipinski definition) is 2. The van der Waals surface area contributed by atoms with Gasteiger partial charge in [-0.3, -0.25) is 14.4 Å². The van der Waals surface area contributed by atoms with Gasteiger partial charge in [0.25, 0.3) is 5.91 Å². The molecule has 3 N–H and O–H groups in total. The number of ether oxygens (including phenoxy) is 2. The van der Waals surface area contributed by atoms with Crippen LogP contribution in [0.3, 0.4) is 0 Å². The number of aromatic amines is 1. The summed E-state index contributed by atoms with van der Waals surface area (Å²) >= 11 is 0. The van der Waals surface area contributed by atoms with Gasteiger partial charge in [0.1, 0.15) is 5.75 Å². The fourth-order valence-electron chi connectivity index (χ4n) is 2.85. The maximum atomic E-state index is 12.6. The minimum atomic E-state index is -1.05. The zero-order valence-electron chi connectivity index (χ0n) is 16.1. The van der Waals surface area contributed by atoms with E-state index in [9.17, 15) is 19.2 Å². The lowest BCUT2D eigenvalue weighted by atomic mass is 10.0. The molecule has 0 aliphatic carbocycles. The molecule has 28 heavy (non-hydrogen) atoms. The van der Waals surface area contributed by atoms with E-state index in [-0.39, 0.29) is 23.6 Å². The van der Waals surface area contributed by atoms with Gasteiger partial charge in [-0.2, -0.15) is 0 Å². The van der Waals surface area contributed by atoms with Crippen molar-refractivity contribution in [3.05, 3.63) is 52.3 Å². The summed E-state index contributed by atoms with van der Waals surface area (Å²) in [5.41, 5.74) is 7.06. The van der Waals surface area contributed by atoms with E-state index in [4.69, 9.17) is 15.2 Å². The highest BCUT2D eigenvalue weighted by Crippen LogP contribution is 2.21. The van der Waals surface area contributed by atoms with E-state index in [1.165, 1.54) is 38.1 Å². The third kappa shape index (κ3) is 4.64. The summed E-state index contributed by atoms with van der Waals surface area (Å²) < 4.78 is 10.4. The van der Waals surface area contributed by atoms with E-state index in [2.05, 4.69) is 4.98 Å². The van der Waals surface area contributed by atoms with E-state index in [0.717, 1.165) is 0 Å². The van der Waals surface area contributed by atoms with Crippen molar-refractivity contribution in [2.24, 2.45) is 5.73 Å². The maximum Gasteiger partial charge on any atom is 0.338 e. The molecule has 0 saturated carbocycles. The standard InChI is InChI=1S/C20H22N2O6/c1-10-17(12(3)23)11(2)22-18(10)19(25)13(4)28-20(26)14-5-7-15(8-6-14)27-9-16(21)24/h5-8,13,22H,9H2,1-4H3,(H2,21,24)/t13-/m1/s1. The largest absolute Gasteiger partial charge is 0.484 e. The lowest BCUT2D eigenvalue weighted by molar-refractivity contribution is -0.119. The number of carbonyl (C=O) groups is 4. The molecule has 1 amide bonds. The Kier molecular flexibility index (Phi) is 6.35. The molecule has 8 nitrogen and oxygen atoms in total. The van der Waals surface area contributed by atoms with E-state index in [0.29, 0.717) is 22.6 Å². The molecule has 0 saturated heterocycles. The molecule has 8 heteroatoms. The van der Waals surface area contributed by atoms with Gasteiger partial charge in [-0.05, 0) is 57.5 Å². The zero-order chi connectivity index (χ0) is 21.0. The Morgan fingerprint density at radius 3 is 2.21 bits per heavy atom. The zero-order valence-corrected chi connectivity index (χ0v) is 16.1. The first-order valence-corrected chi connectivity index (χ1v) is 8.58. The molecular weight excluding hydrogens is 364 g/mol. The second kappa shape index (κ2) is 8.51. The Balaban J connectivity index is 2.08. The average molecular weight is 386 g/mol. The second-order valence-corrected chi connectivity index (χ2v) is 6.37. The van der Waals surface area contributed by atoms with Gasteiger partial charge in [0.2, 0.25) is 5.78 Å². The van der Waals surface area contributed by atoms with E-state index >= 15 is 0 Å². The van der Waals surface area contributed by atoms with Gasteiger partial charge in [-0.15, -0.1) is 0 Å². The molecule has 0 aliphatic heterocycles. The van der Waals surface area contributed by atoms with Crippen molar-refractivity contribution in [2.45, 2.75) is 33.8 Å².